The molecule has 4 nitrogen and oxygen atoms in total. The van der Waals surface area contributed by atoms with E-state index < -0.39 is 30.2 Å². The van der Waals surface area contributed by atoms with Crippen molar-refractivity contribution < 1.29 is 16.8 Å². The third-order valence-electron chi connectivity index (χ3n) is 4.68. The van der Waals surface area contributed by atoms with Crippen molar-refractivity contribution >= 4 is 19.7 Å². The molecule has 0 radical (unpaired) electrons. The first-order valence-corrected chi connectivity index (χ1v) is 12.0. The van der Waals surface area contributed by atoms with Gasteiger partial charge < -0.3 is 0 Å². The van der Waals surface area contributed by atoms with Crippen LogP contribution < -0.4 is 0 Å². The molecule has 0 spiro atoms. The molecule has 0 bridgehead atoms. The van der Waals surface area contributed by atoms with Gasteiger partial charge in [0.15, 0.2) is 23.8 Å². The van der Waals surface area contributed by atoms with Crippen LogP contribution in [0.1, 0.15) is 25.7 Å². The minimum atomic E-state index is -4.37. The molecule has 2 aromatic rings. The summed E-state index contributed by atoms with van der Waals surface area (Å²) in [4.78, 5) is -0.183. The van der Waals surface area contributed by atoms with Crippen LogP contribution in [-0.4, -0.2) is 20.9 Å². The normalized spacial score (nSPS) is 12.1. The van der Waals surface area contributed by atoms with Gasteiger partial charge in [0, 0.05) is 12.8 Å². The predicted octanol–water partition coefficient (Wildman–Crippen LogP) is 4.57. The molecule has 0 fully saturated rings. The number of hydrogen-bond acceptors (Lipinski definition) is 4. The molecule has 0 aliphatic rings. The molecule has 2 aromatic carbocycles. The SMILES string of the molecule is C#CCC(CC(=C)CCC=C)(S(=O)(=O)c1ccccc1)S(=O)(=O)c1ccccc1. The molecule has 0 aromatic heterocycles. The second kappa shape index (κ2) is 9.25. The minimum Gasteiger partial charge on any atom is -0.222 e. The van der Waals surface area contributed by atoms with Crippen LogP contribution in [0.2, 0.25) is 0 Å². The second-order valence-corrected chi connectivity index (χ2v) is 11.5. The summed E-state index contributed by atoms with van der Waals surface area (Å²) in [6.45, 7) is 7.58. The van der Waals surface area contributed by atoms with Crippen molar-refractivity contribution in [1.29, 1.82) is 0 Å². The van der Waals surface area contributed by atoms with E-state index in [1.165, 1.54) is 24.3 Å². The van der Waals surface area contributed by atoms with Gasteiger partial charge >= 0.3 is 0 Å². The Morgan fingerprint density at radius 3 is 1.76 bits per heavy atom. The smallest absolute Gasteiger partial charge is 0.200 e. The van der Waals surface area contributed by atoms with Gasteiger partial charge in [0.05, 0.1) is 9.79 Å². The summed E-state index contributed by atoms with van der Waals surface area (Å²) in [5.74, 6) is 2.30. The molecule has 0 unspecified atom stereocenters. The van der Waals surface area contributed by atoms with E-state index >= 15 is 0 Å². The van der Waals surface area contributed by atoms with Gasteiger partial charge in [0.25, 0.3) is 0 Å². The Hall–Kier alpha value is -2.62. The monoisotopic (exact) mass is 428 g/mol. The van der Waals surface area contributed by atoms with Crippen LogP contribution in [0.5, 0.6) is 0 Å². The zero-order valence-corrected chi connectivity index (χ0v) is 17.8. The molecule has 2 rings (SSSR count). The lowest BCUT2D eigenvalue weighted by atomic mass is 10.0. The first-order valence-electron chi connectivity index (χ1n) is 9.03. The summed E-state index contributed by atoms with van der Waals surface area (Å²) in [5, 5.41) is 0. The predicted molar refractivity (Wildman–Crippen MR) is 117 cm³/mol. The summed E-state index contributed by atoms with van der Waals surface area (Å²) >= 11 is 0. The minimum absolute atomic E-state index is 0.0914. The Bertz CT molecular complexity index is 1040. The molecular formula is C23H24O4S2. The third kappa shape index (κ3) is 4.36. The summed E-state index contributed by atoms with van der Waals surface area (Å²) in [6, 6.07) is 15.1. The van der Waals surface area contributed by atoms with Crippen molar-refractivity contribution in [2.24, 2.45) is 0 Å². The third-order valence-corrected chi connectivity index (χ3v) is 10.3. The maximum absolute atomic E-state index is 13.7. The number of rotatable bonds is 10. The number of hydrogen-bond donors (Lipinski definition) is 0. The molecule has 152 valence electrons. The second-order valence-electron chi connectivity index (χ2n) is 6.68. The quantitative estimate of drug-likeness (QED) is 0.411. The highest BCUT2D eigenvalue weighted by molar-refractivity contribution is 8.10. The van der Waals surface area contributed by atoms with Crippen LogP contribution in [0, 0.1) is 12.3 Å². The van der Waals surface area contributed by atoms with Crippen LogP contribution >= 0.6 is 0 Å². The highest BCUT2D eigenvalue weighted by atomic mass is 32.3. The maximum Gasteiger partial charge on any atom is 0.200 e. The standard InChI is InChI=1S/C23H24O4S2/c1-4-6-13-20(3)19-23(18-5-2,28(24,25)21-14-9-7-10-15-21)29(26,27)22-16-11-8-12-17-22/h2,4,7-12,14-17H,1,3,6,13,18-19H2. The average molecular weight is 429 g/mol. The summed E-state index contributed by atoms with van der Waals surface area (Å²) in [5.41, 5.74) is 0.485. The molecule has 0 N–H and O–H groups in total. The zero-order chi connectivity index (χ0) is 21.5. The first kappa shape index (κ1) is 22.7. The topological polar surface area (TPSA) is 68.3 Å². The van der Waals surface area contributed by atoms with E-state index in [0.29, 0.717) is 18.4 Å². The van der Waals surface area contributed by atoms with Gasteiger partial charge in [0.2, 0.25) is 0 Å². The van der Waals surface area contributed by atoms with Gasteiger partial charge in [-0.3, -0.25) is 0 Å². The van der Waals surface area contributed by atoms with Crippen LogP contribution in [0.4, 0.5) is 0 Å². The van der Waals surface area contributed by atoms with E-state index in [2.05, 4.69) is 19.1 Å². The van der Waals surface area contributed by atoms with Gasteiger partial charge in [0.1, 0.15) is 0 Å². The lowest BCUT2D eigenvalue weighted by Crippen LogP contribution is -2.46. The van der Waals surface area contributed by atoms with Crippen molar-refractivity contribution in [2.75, 3.05) is 0 Å². The molecule has 6 heteroatoms. The molecule has 0 aliphatic carbocycles. The fourth-order valence-corrected chi connectivity index (χ4v) is 8.10. The van der Waals surface area contributed by atoms with Gasteiger partial charge in [-0.2, -0.15) is 0 Å². The van der Waals surface area contributed by atoms with Crippen molar-refractivity contribution in [2.45, 2.75) is 39.6 Å². The Morgan fingerprint density at radius 1 is 0.931 bits per heavy atom. The van der Waals surface area contributed by atoms with E-state index in [9.17, 15) is 16.8 Å². The molecule has 0 aliphatic heterocycles. The van der Waals surface area contributed by atoms with Crippen LogP contribution in [-0.2, 0) is 19.7 Å². The average Bonchev–Trinajstić information content (AvgIpc) is 2.72. The highest BCUT2D eigenvalue weighted by Crippen LogP contribution is 2.43. The molecule has 0 atom stereocenters. The fraction of sp³-hybridized carbons (Fsp3) is 0.217. The van der Waals surface area contributed by atoms with Crippen LogP contribution in [0.3, 0.4) is 0 Å². The van der Waals surface area contributed by atoms with Gasteiger partial charge in [-0.15, -0.1) is 18.9 Å². The zero-order valence-electron chi connectivity index (χ0n) is 16.1. The Balaban J connectivity index is 2.80. The van der Waals surface area contributed by atoms with Crippen molar-refractivity contribution in [3.05, 3.63) is 85.5 Å². The van der Waals surface area contributed by atoms with E-state index in [0.717, 1.165) is 0 Å². The highest BCUT2D eigenvalue weighted by Gasteiger charge is 2.55. The largest absolute Gasteiger partial charge is 0.222 e. The molecule has 0 heterocycles. The molecule has 0 saturated carbocycles. The Labute approximate surface area is 173 Å². The van der Waals surface area contributed by atoms with Crippen molar-refractivity contribution in [3.8, 4) is 12.3 Å². The first-order chi connectivity index (χ1) is 13.7. The number of benzene rings is 2. The fourth-order valence-electron chi connectivity index (χ4n) is 3.15. The van der Waals surface area contributed by atoms with Gasteiger partial charge in [-0.05, 0) is 37.1 Å². The number of allylic oxidation sites excluding steroid dienone is 2. The van der Waals surface area contributed by atoms with E-state index in [-0.39, 0.29) is 16.2 Å². The summed E-state index contributed by atoms with van der Waals surface area (Å²) < 4.78 is 52.7. The molecular weight excluding hydrogens is 404 g/mol. The summed E-state index contributed by atoms with van der Waals surface area (Å²) in [6.07, 6.45) is 7.38. The van der Waals surface area contributed by atoms with Crippen LogP contribution in [0.25, 0.3) is 0 Å². The molecule has 0 amide bonds. The molecule has 29 heavy (non-hydrogen) atoms. The van der Waals surface area contributed by atoms with E-state index in [1.807, 2.05) is 0 Å². The lowest BCUT2D eigenvalue weighted by Gasteiger charge is -2.32. The Morgan fingerprint density at radius 2 is 1.38 bits per heavy atom. The Kier molecular flexibility index (Phi) is 7.23. The van der Waals surface area contributed by atoms with E-state index in [4.69, 9.17) is 6.42 Å². The number of terminal acetylenes is 1. The summed E-state index contributed by atoms with van der Waals surface area (Å²) in [7, 11) is -8.74. The van der Waals surface area contributed by atoms with Gasteiger partial charge in [-0.1, -0.05) is 54.6 Å². The van der Waals surface area contributed by atoms with Crippen molar-refractivity contribution in [3.63, 3.8) is 0 Å². The lowest BCUT2D eigenvalue weighted by molar-refractivity contribution is 0.533. The van der Waals surface area contributed by atoms with Crippen LogP contribution in [0.15, 0.2) is 95.3 Å². The van der Waals surface area contributed by atoms with Crippen molar-refractivity contribution in [1.82, 2.24) is 0 Å². The molecule has 0 saturated heterocycles. The van der Waals surface area contributed by atoms with Gasteiger partial charge in [-0.25, -0.2) is 16.8 Å². The maximum atomic E-state index is 13.7. The van der Waals surface area contributed by atoms with E-state index in [1.54, 1.807) is 42.5 Å². The number of sulfone groups is 2.